The van der Waals surface area contributed by atoms with Crippen molar-refractivity contribution in [2.75, 3.05) is 33.3 Å². The Morgan fingerprint density at radius 2 is 2.04 bits per heavy atom. The topological polar surface area (TPSA) is 68.9 Å². The Morgan fingerprint density at radius 3 is 2.75 bits per heavy atom. The predicted octanol–water partition coefficient (Wildman–Crippen LogP) is 1.33. The first-order chi connectivity index (χ1) is 11.4. The highest BCUT2D eigenvalue weighted by Gasteiger charge is 2.30. The van der Waals surface area contributed by atoms with Crippen LogP contribution in [0.25, 0.3) is 10.9 Å². The summed E-state index contributed by atoms with van der Waals surface area (Å²) in [5, 5.41) is 19.9. The standard InChI is InChI=1S/C18H25N3O3/c1-12-17(15-10-14(23)4-5-16(15)20(12)3)18(24)21-8-7-19(2)13(11-21)6-9-22/h4-5,10,13,22-23H,6-9,11H2,1-3H3/t13-/m1/s1. The van der Waals surface area contributed by atoms with E-state index in [0.717, 1.165) is 23.1 Å². The molecule has 24 heavy (non-hydrogen) atoms. The Labute approximate surface area is 141 Å². The first kappa shape index (κ1) is 16.8. The van der Waals surface area contributed by atoms with E-state index in [2.05, 4.69) is 4.90 Å². The number of fused-ring (bicyclic) bond motifs is 1. The summed E-state index contributed by atoms with van der Waals surface area (Å²) in [5.41, 5.74) is 2.50. The average Bonchev–Trinajstić information content (AvgIpc) is 2.80. The molecule has 0 aliphatic carbocycles. The lowest BCUT2D eigenvalue weighted by Gasteiger charge is -2.39. The number of likely N-dealkylation sites (N-methyl/N-ethyl adjacent to an activating group) is 1. The molecule has 1 amide bonds. The van der Waals surface area contributed by atoms with Crippen LogP contribution in [0, 0.1) is 6.92 Å². The number of carbonyl (C=O) groups is 1. The van der Waals surface area contributed by atoms with E-state index in [1.54, 1.807) is 12.1 Å². The molecule has 6 heteroatoms. The fraction of sp³-hybridized carbons (Fsp3) is 0.500. The lowest BCUT2D eigenvalue weighted by atomic mass is 10.1. The molecule has 1 aliphatic rings. The van der Waals surface area contributed by atoms with Crippen molar-refractivity contribution in [1.29, 1.82) is 0 Å². The number of aliphatic hydroxyl groups is 1. The third-order valence-corrected chi connectivity index (χ3v) is 5.22. The Hall–Kier alpha value is -2.05. The Morgan fingerprint density at radius 1 is 1.29 bits per heavy atom. The van der Waals surface area contributed by atoms with Crippen molar-refractivity contribution in [3.63, 3.8) is 0 Å². The minimum absolute atomic E-state index is 0.000241. The molecule has 0 saturated carbocycles. The van der Waals surface area contributed by atoms with Crippen molar-refractivity contribution in [3.05, 3.63) is 29.5 Å². The van der Waals surface area contributed by atoms with Gasteiger partial charge in [-0.1, -0.05) is 0 Å². The number of piperazine rings is 1. The van der Waals surface area contributed by atoms with Crippen LogP contribution in [0.5, 0.6) is 5.75 Å². The van der Waals surface area contributed by atoms with Gasteiger partial charge in [0.2, 0.25) is 0 Å². The number of benzene rings is 1. The molecule has 0 bridgehead atoms. The van der Waals surface area contributed by atoms with Crippen LogP contribution in [-0.4, -0.2) is 69.8 Å². The summed E-state index contributed by atoms with van der Waals surface area (Å²) in [6, 6.07) is 5.32. The molecule has 2 heterocycles. The maximum atomic E-state index is 13.2. The number of nitrogens with zero attached hydrogens (tertiary/aromatic N) is 3. The zero-order chi connectivity index (χ0) is 17.4. The molecule has 1 aromatic carbocycles. The van der Waals surface area contributed by atoms with E-state index in [4.69, 9.17) is 0 Å². The van der Waals surface area contributed by atoms with Crippen molar-refractivity contribution >= 4 is 16.8 Å². The van der Waals surface area contributed by atoms with Gasteiger partial charge in [-0.2, -0.15) is 0 Å². The molecule has 6 nitrogen and oxygen atoms in total. The van der Waals surface area contributed by atoms with E-state index in [-0.39, 0.29) is 24.3 Å². The highest BCUT2D eigenvalue weighted by molar-refractivity contribution is 6.08. The first-order valence-electron chi connectivity index (χ1n) is 8.32. The number of rotatable bonds is 3. The number of phenolic OH excluding ortho intramolecular Hbond substituents is 1. The van der Waals surface area contributed by atoms with Gasteiger partial charge in [-0.05, 0) is 38.6 Å². The lowest BCUT2D eigenvalue weighted by Crippen LogP contribution is -2.53. The van der Waals surface area contributed by atoms with Gasteiger partial charge in [0, 0.05) is 55.9 Å². The fourth-order valence-electron chi connectivity index (χ4n) is 3.58. The molecule has 0 unspecified atom stereocenters. The van der Waals surface area contributed by atoms with Crippen LogP contribution in [-0.2, 0) is 7.05 Å². The van der Waals surface area contributed by atoms with Gasteiger partial charge < -0.3 is 19.7 Å². The first-order valence-corrected chi connectivity index (χ1v) is 8.32. The van der Waals surface area contributed by atoms with Crippen LogP contribution in [0.2, 0.25) is 0 Å². The molecular weight excluding hydrogens is 306 g/mol. The maximum absolute atomic E-state index is 13.2. The number of aromatic nitrogens is 1. The van der Waals surface area contributed by atoms with Gasteiger partial charge in [-0.15, -0.1) is 0 Å². The van der Waals surface area contributed by atoms with Crippen LogP contribution in [0.3, 0.4) is 0 Å². The number of phenols is 1. The second-order valence-corrected chi connectivity index (χ2v) is 6.62. The van der Waals surface area contributed by atoms with Gasteiger partial charge in [0.1, 0.15) is 5.75 Å². The molecule has 3 rings (SSSR count). The molecule has 2 aromatic rings. The minimum atomic E-state index is -0.000241. The number of hydrogen-bond donors (Lipinski definition) is 2. The zero-order valence-corrected chi connectivity index (χ0v) is 14.5. The van der Waals surface area contributed by atoms with Crippen molar-refractivity contribution in [2.24, 2.45) is 7.05 Å². The third-order valence-electron chi connectivity index (χ3n) is 5.22. The van der Waals surface area contributed by atoms with Crippen molar-refractivity contribution in [1.82, 2.24) is 14.4 Å². The van der Waals surface area contributed by atoms with E-state index in [1.807, 2.05) is 36.6 Å². The van der Waals surface area contributed by atoms with Gasteiger partial charge in [0.05, 0.1) is 5.56 Å². The molecule has 0 spiro atoms. The molecule has 1 atom stereocenters. The summed E-state index contributed by atoms with van der Waals surface area (Å²) in [6.45, 7) is 4.14. The van der Waals surface area contributed by atoms with Gasteiger partial charge in [0.15, 0.2) is 0 Å². The van der Waals surface area contributed by atoms with E-state index in [1.165, 1.54) is 0 Å². The second kappa shape index (κ2) is 6.45. The highest BCUT2D eigenvalue weighted by Crippen LogP contribution is 2.29. The lowest BCUT2D eigenvalue weighted by molar-refractivity contribution is 0.0501. The normalized spacial score (nSPS) is 19.2. The summed E-state index contributed by atoms with van der Waals surface area (Å²) in [4.78, 5) is 17.2. The van der Waals surface area contributed by atoms with Crippen molar-refractivity contribution in [2.45, 2.75) is 19.4 Å². The van der Waals surface area contributed by atoms with Crippen molar-refractivity contribution < 1.29 is 15.0 Å². The molecule has 1 aliphatic heterocycles. The predicted molar refractivity (Wildman–Crippen MR) is 93.3 cm³/mol. The summed E-state index contributed by atoms with van der Waals surface area (Å²) < 4.78 is 1.99. The molecule has 1 fully saturated rings. The molecule has 2 N–H and O–H groups in total. The van der Waals surface area contributed by atoms with Gasteiger partial charge in [-0.3, -0.25) is 9.69 Å². The highest BCUT2D eigenvalue weighted by atomic mass is 16.3. The maximum Gasteiger partial charge on any atom is 0.256 e. The van der Waals surface area contributed by atoms with Crippen LogP contribution < -0.4 is 0 Å². The van der Waals surface area contributed by atoms with Crippen LogP contribution in [0.15, 0.2) is 18.2 Å². The summed E-state index contributed by atoms with van der Waals surface area (Å²) in [7, 11) is 3.97. The van der Waals surface area contributed by atoms with E-state index in [9.17, 15) is 15.0 Å². The van der Waals surface area contributed by atoms with Crippen LogP contribution >= 0.6 is 0 Å². The monoisotopic (exact) mass is 331 g/mol. The van der Waals surface area contributed by atoms with Crippen LogP contribution in [0.4, 0.5) is 0 Å². The fourth-order valence-corrected chi connectivity index (χ4v) is 3.58. The SMILES string of the molecule is Cc1c(C(=O)N2CCN(C)[C@H](CCO)C2)c2cc(O)ccc2n1C. The largest absolute Gasteiger partial charge is 0.508 e. The number of carbonyl (C=O) groups excluding carboxylic acids is 1. The van der Waals surface area contributed by atoms with E-state index >= 15 is 0 Å². The Kier molecular flexibility index (Phi) is 4.51. The Balaban J connectivity index is 1.97. The van der Waals surface area contributed by atoms with Crippen LogP contribution in [0.1, 0.15) is 22.5 Å². The molecule has 1 aromatic heterocycles. The molecule has 0 radical (unpaired) electrons. The molecular formula is C18H25N3O3. The third kappa shape index (κ3) is 2.76. The van der Waals surface area contributed by atoms with Gasteiger partial charge >= 0.3 is 0 Å². The summed E-state index contributed by atoms with van der Waals surface area (Å²) in [5.74, 6) is 0.165. The van der Waals surface area contributed by atoms with E-state index in [0.29, 0.717) is 25.1 Å². The second-order valence-electron chi connectivity index (χ2n) is 6.62. The number of hydrogen-bond acceptors (Lipinski definition) is 4. The molecule has 130 valence electrons. The van der Waals surface area contributed by atoms with Gasteiger partial charge in [0.25, 0.3) is 5.91 Å². The van der Waals surface area contributed by atoms with Gasteiger partial charge in [-0.25, -0.2) is 0 Å². The Bertz CT molecular complexity index is 768. The number of amides is 1. The zero-order valence-electron chi connectivity index (χ0n) is 14.5. The smallest absolute Gasteiger partial charge is 0.256 e. The van der Waals surface area contributed by atoms with Crippen molar-refractivity contribution in [3.8, 4) is 5.75 Å². The number of aryl methyl sites for hydroxylation is 1. The van der Waals surface area contributed by atoms with E-state index < -0.39 is 0 Å². The number of aromatic hydroxyl groups is 1. The quantitative estimate of drug-likeness (QED) is 0.890. The minimum Gasteiger partial charge on any atom is -0.508 e. The summed E-state index contributed by atoms with van der Waals surface area (Å²) in [6.07, 6.45) is 0.662. The number of aliphatic hydroxyl groups excluding tert-OH is 1. The summed E-state index contributed by atoms with van der Waals surface area (Å²) >= 11 is 0. The average molecular weight is 331 g/mol. The molecule has 1 saturated heterocycles.